The molecule has 1 aliphatic rings. The topological polar surface area (TPSA) is 103 Å². The van der Waals surface area contributed by atoms with E-state index in [0.717, 1.165) is 11.8 Å². The van der Waals surface area contributed by atoms with Crippen molar-refractivity contribution in [2.24, 2.45) is 0 Å². The lowest BCUT2D eigenvalue weighted by atomic mass is 10.2. The Balaban J connectivity index is 0.00000129. The maximum absolute atomic E-state index is 12.3. The van der Waals surface area contributed by atoms with Crippen molar-refractivity contribution in [3.8, 4) is 11.5 Å². The predicted octanol–water partition coefficient (Wildman–Crippen LogP) is 6.25. The third-order valence-electron chi connectivity index (χ3n) is 3.47. The van der Waals surface area contributed by atoms with Gasteiger partial charge in [-0.3, -0.25) is 15.4 Å². The second kappa shape index (κ2) is 13.2. The molecule has 2 N–H and O–H groups in total. The van der Waals surface area contributed by atoms with Crippen LogP contribution in [-0.4, -0.2) is 22.9 Å². The first-order valence-electron chi connectivity index (χ1n) is 9.91. The van der Waals surface area contributed by atoms with Crippen LogP contribution in [0.15, 0.2) is 54.7 Å². The molecule has 0 fully saturated rings. The first-order chi connectivity index (χ1) is 15.7. The summed E-state index contributed by atoms with van der Waals surface area (Å²) >= 11 is 1.15. The van der Waals surface area contributed by atoms with E-state index in [2.05, 4.69) is 15.4 Å². The zero-order valence-corrected chi connectivity index (χ0v) is 19.1. The van der Waals surface area contributed by atoms with Crippen LogP contribution in [-0.2, 0) is 0 Å². The number of nitro groups is 1. The first-order valence-corrected chi connectivity index (χ1v) is 10.8. The number of hydrogen-bond acceptors (Lipinski definition) is 7. The van der Waals surface area contributed by atoms with Crippen molar-refractivity contribution in [3.63, 3.8) is 0 Å². The summed E-state index contributed by atoms with van der Waals surface area (Å²) in [5, 5.41) is 16.0. The van der Waals surface area contributed by atoms with E-state index in [1.807, 2.05) is 27.7 Å². The molecule has 8 nitrogen and oxygen atoms in total. The summed E-state index contributed by atoms with van der Waals surface area (Å²) < 4.78 is 46.0. The van der Waals surface area contributed by atoms with Crippen LogP contribution in [0.3, 0.4) is 0 Å². The number of hydrogen-bond donors (Lipinski definition) is 2. The SMILES string of the molecule is CC.CC.O=C(NC1NC=C(c2cccc(OC(F)(F)F)c2)S1)Oc1ccc([N+](=O)[O-])cc1. The molecule has 1 aliphatic heterocycles. The van der Waals surface area contributed by atoms with Crippen molar-refractivity contribution in [1.29, 1.82) is 0 Å². The number of alkyl halides is 3. The highest BCUT2D eigenvalue weighted by Crippen LogP contribution is 2.35. The van der Waals surface area contributed by atoms with Gasteiger partial charge in [-0.05, 0) is 29.8 Å². The van der Waals surface area contributed by atoms with Crippen molar-refractivity contribution in [3.05, 3.63) is 70.4 Å². The van der Waals surface area contributed by atoms with E-state index in [-0.39, 0.29) is 17.2 Å². The van der Waals surface area contributed by atoms with Crippen molar-refractivity contribution in [2.45, 2.75) is 39.6 Å². The van der Waals surface area contributed by atoms with Crippen LogP contribution in [0.1, 0.15) is 33.3 Å². The number of thioether (sulfide) groups is 1. The number of halogens is 3. The van der Waals surface area contributed by atoms with Gasteiger partial charge in [0.15, 0.2) is 5.50 Å². The number of nitro benzene ring substituents is 1. The minimum absolute atomic E-state index is 0.112. The second-order valence-electron chi connectivity index (χ2n) is 5.53. The Morgan fingerprint density at radius 1 is 1.09 bits per heavy atom. The highest BCUT2D eigenvalue weighted by molar-refractivity contribution is 8.09. The molecule has 0 radical (unpaired) electrons. The summed E-state index contributed by atoms with van der Waals surface area (Å²) in [6, 6.07) is 10.4. The summed E-state index contributed by atoms with van der Waals surface area (Å²) in [7, 11) is 0. The van der Waals surface area contributed by atoms with Gasteiger partial charge in [-0.25, -0.2) is 4.79 Å². The van der Waals surface area contributed by atoms with Gasteiger partial charge < -0.3 is 14.8 Å². The summed E-state index contributed by atoms with van der Waals surface area (Å²) in [5.41, 5.74) is -0.295. The van der Waals surface area contributed by atoms with Crippen molar-refractivity contribution < 1.29 is 32.4 Å². The van der Waals surface area contributed by atoms with Gasteiger partial charge in [-0.1, -0.05) is 51.6 Å². The molecule has 3 rings (SSSR count). The normalized spacial score (nSPS) is 14.3. The quantitative estimate of drug-likeness (QED) is 0.379. The van der Waals surface area contributed by atoms with Crippen LogP contribution in [0.4, 0.5) is 23.7 Å². The lowest BCUT2D eigenvalue weighted by molar-refractivity contribution is -0.384. The smallest absolute Gasteiger partial charge is 0.410 e. The number of carbonyl (C=O) groups excluding carboxylic acids is 1. The molecule has 1 heterocycles. The summed E-state index contributed by atoms with van der Waals surface area (Å²) in [6.45, 7) is 8.00. The van der Waals surface area contributed by atoms with E-state index in [1.54, 1.807) is 6.07 Å². The second-order valence-corrected chi connectivity index (χ2v) is 6.68. The molecule has 12 heteroatoms. The summed E-state index contributed by atoms with van der Waals surface area (Å²) in [5.74, 6) is -0.244. The maximum atomic E-state index is 12.3. The Labute approximate surface area is 193 Å². The van der Waals surface area contributed by atoms with E-state index in [9.17, 15) is 28.1 Å². The molecule has 2 aromatic rings. The molecule has 0 saturated carbocycles. The largest absolute Gasteiger partial charge is 0.573 e. The van der Waals surface area contributed by atoms with E-state index in [1.165, 1.54) is 48.7 Å². The number of ether oxygens (including phenoxy) is 2. The van der Waals surface area contributed by atoms with Crippen LogP contribution >= 0.6 is 11.8 Å². The fraction of sp³-hybridized carbons (Fsp3) is 0.286. The molecule has 33 heavy (non-hydrogen) atoms. The lowest BCUT2D eigenvalue weighted by Gasteiger charge is -2.13. The van der Waals surface area contributed by atoms with Gasteiger partial charge >= 0.3 is 12.5 Å². The minimum Gasteiger partial charge on any atom is -0.410 e. The molecular formula is C21H24F3N3O5S. The molecule has 0 saturated heterocycles. The monoisotopic (exact) mass is 487 g/mol. The molecular weight excluding hydrogens is 463 g/mol. The zero-order valence-electron chi connectivity index (χ0n) is 18.3. The molecule has 0 spiro atoms. The zero-order chi connectivity index (χ0) is 25.0. The number of nitrogens with one attached hydrogen (secondary N) is 2. The van der Waals surface area contributed by atoms with Gasteiger partial charge in [-0.2, -0.15) is 0 Å². The Morgan fingerprint density at radius 3 is 2.30 bits per heavy atom. The van der Waals surface area contributed by atoms with Crippen LogP contribution < -0.4 is 20.1 Å². The lowest BCUT2D eigenvalue weighted by Crippen LogP contribution is -2.40. The number of nitrogens with zero attached hydrogens (tertiary/aromatic N) is 1. The van der Waals surface area contributed by atoms with E-state index in [4.69, 9.17) is 4.74 Å². The molecule has 1 unspecified atom stereocenters. The third kappa shape index (κ3) is 9.31. The van der Waals surface area contributed by atoms with Gasteiger partial charge in [-0.15, -0.1) is 13.2 Å². The first kappa shape index (κ1) is 27.6. The van der Waals surface area contributed by atoms with Crippen LogP contribution in [0.25, 0.3) is 4.91 Å². The number of rotatable bonds is 5. The van der Waals surface area contributed by atoms with Crippen molar-refractivity contribution >= 4 is 28.4 Å². The van der Waals surface area contributed by atoms with E-state index in [0.29, 0.717) is 10.5 Å². The molecule has 180 valence electrons. The Kier molecular flexibility index (Phi) is 11.1. The average Bonchev–Trinajstić information content (AvgIpc) is 3.24. The number of carbonyl (C=O) groups is 1. The Morgan fingerprint density at radius 2 is 1.73 bits per heavy atom. The average molecular weight is 488 g/mol. The standard InChI is InChI=1S/C17H12F3N3O5S.2C2H6/c18-17(19,20)28-13-3-1-2-10(8-13)14-9-21-15(29-14)22-16(24)27-12-6-4-11(5-7-12)23(25)26;2*1-2/h1-9,15,21H,(H,22,24);2*1-2H3. The third-order valence-corrected chi connectivity index (χ3v) is 4.57. The molecule has 0 bridgehead atoms. The predicted molar refractivity (Wildman–Crippen MR) is 121 cm³/mol. The van der Waals surface area contributed by atoms with Gasteiger partial charge in [0, 0.05) is 23.2 Å². The molecule has 0 aliphatic carbocycles. The number of non-ortho nitro benzene ring substituents is 1. The number of benzene rings is 2. The van der Waals surface area contributed by atoms with Crippen molar-refractivity contribution in [2.75, 3.05) is 0 Å². The summed E-state index contributed by atoms with van der Waals surface area (Å²) in [6.07, 6.45) is -4.07. The fourth-order valence-corrected chi connectivity index (χ4v) is 3.24. The van der Waals surface area contributed by atoms with Gasteiger partial charge in [0.2, 0.25) is 0 Å². The van der Waals surface area contributed by atoms with E-state index >= 15 is 0 Å². The maximum Gasteiger partial charge on any atom is 0.573 e. The fourth-order valence-electron chi connectivity index (χ4n) is 2.29. The molecule has 2 aromatic carbocycles. The molecule has 0 aromatic heterocycles. The van der Waals surface area contributed by atoms with Crippen molar-refractivity contribution in [1.82, 2.24) is 10.6 Å². The van der Waals surface area contributed by atoms with Gasteiger partial charge in [0.25, 0.3) is 5.69 Å². The Hall–Kier alpha value is -3.41. The molecule has 1 amide bonds. The number of amides is 1. The van der Waals surface area contributed by atoms with Crippen LogP contribution in [0.2, 0.25) is 0 Å². The molecule has 1 atom stereocenters. The Bertz CT molecular complexity index is 953. The van der Waals surface area contributed by atoms with Crippen LogP contribution in [0, 0.1) is 10.1 Å². The summed E-state index contributed by atoms with van der Waals surface area (Å²) in [4.78, 5) is 22.6. The minimum atomic E-state index is -4.79. The van der Waals surface area contributed by atoms with Gasteiger partial charge in [0.05, 0.1) is 4.92 Å². The highest BCUT2D eigenvalue weighted by Gasteiger charge is 2.31. The van der Waals surface area contributed by atoms with Crippen LogP contribution in [0.5, 0.6) is 11.5 Å². The highest BCUT2D eigenvalue weighted by atomic mass is 32.2. The van der Waals surface area contributed by atoms with E-state index < -0.39 is 22.9 Å². The van der Waals surface area contributed by atoms with Gasteiger partial charge in [0.1, 0.15) is 11.5 Å².